The number of piperidine rings is 1. The Labute approximate surface area is 182 Å². The van der Waals surface area contributed by atoms with E-state index in [-0.39, 0.29) is 24.2 Å². The standard InChI is InChI=1S/C25H30FN3O2/c1-16-21(22-13-19(26)8-11-23(22)28-16)14-24(30)27-15-18-5-4-12-29(2)25(18)17-6-9-20(31-3)10-7-17/h6-11,13,18,25,28H,4-5,12,14-15H2,1-3H3,(H,27,30). The second kappa shape index (κ2) is 9.10. The van der Waals surface area contributed by atoms with Gasteiger partial charge in [0.05, 0.1) is 13.5 Å². The molecule has 2 heterocycles. The van der Waals surface area contributed by atoms with Crippen LogP contribution in [0.5, 0.6) is 5.75 Å². The number of H-pyrrole nitrogens is 1. The van der Waals surface area contributed by atoms with Crippen molar-refractivity contribution in [1.29, 1.82) is 0 Å². The van der Waals surface area contributed by atoms with Crippen LogP contribution in [-0.4, -0.2) is 43.0 Å². The maximum atomic E-state index is 13.7. The van der Waals surface area contributed by atoms with E-state index in [1.165, 1.54) is 17.7 Å². The lowest BCUT2D eigenvalue weighted by Crippen LogP contribution is -2.42. The molecule has 1 fully saturated rings. The number of ether oxygens (including phenoxy) is 1. The molecule has 3 aromatic rings. The number of aromatic amines is 1. The minimum absolute atomic E-state index is 0.0324. The zero-order valence-corrected chi connectivity index (χ0v) is 18.4. The summed E-state index contributed by atoms with van der Waals surface area (Å²) in [5.41, 5.74) is 3.86. The van der Waals surface area contributed by atoms with E-state index in [2.05, 4.69) is 34.4 Å². The first-order valence-electron chi connectivity index (χ1n) is 10.8. The largest absolute Gasteiger partial charge is 0.497 e. The van der Waals surface area contributed by atoms with E-state index in [9.17, 15) is 9.18 Å². The van der Waals surface area contributed by atoms with Gasteiger partial charge in [0.1, 0.15) is 11.6 Å². The van der Waals surface area contributed by atoms with Gasteiger partial charge in [-0.15, -0.1) is 0 Å². The molecule has 0 aliphatic carbocycles. The van der Waals surface area contributed by atoms with E-state index in [1.54, 1.807) is 13.2 Å². The molecule has 0 bridgehead atoms. The third kappa shape index (κ3) is 4.59. The van der Waals surface area contributed by atoms with E-state index in [0.717, 1.165) is 47.3 Å². The number of amides is 1. The molecule has 5 nitrogen and oxygen atoms in total. The summed E-state index contributed by atoms with van der Waals surface area (Å²) in [5, 5.41) is 3.92. The highest BCUT2D eigenvalue weighted by atomic mass is 19.1. The summed E-state index contributed by atoms with van der Waals surface area (Å²) < 4.78 is 19.0. The number of likely N-dealkylation sites (tertiary alicyclic amines) is 1. The average Bonchev–Trinajstić information content (AvgIpc) is 3.07. The molecule has 1 aliphatic heterocycles. The summed E-state index contributed by atoms with van der Waals surface area (Å²) in [6.07, 6.45) is 2.42. The van der Waals surface area contributed by atoms with E-state index in [1.807, 2.05) is 19.1 Å². The number of carbonyl (C=O) groups excluding carboxylic acids is 1. The van der Waals surface area contributed by atoms with Crippen molar-refractivity contribution in [3.63, 3.8) is 0 Å². The Balaban J connectivity index is 1.45. The molecule has 6 heteroatoms. The van der Waals surface area contributed by atoms with Crippen LogP contribution in [0.1, 0.15) is 35.7 Å². The molecule has 164 valence electrons. The molecule has 31 heavy (non-hydrogen) atoms. The maximum Gasteiger partial charge on any atom is 0.224 e. The number of aryl methyl sites for hydroxylation is 1. The molecule has 2 aromatic carbocycles. The lowest BCUT2D eigenvalue weighted by molar-refractivity contribution is -0.120. The minimum atomic E-state index is -0.291. The molecule has 1 saturated heterocycles. The van der Waals surface area contributed by atoms with E-state index in [0.29, 0.717) is 12.5 Å². The summed E-state index contributed by atoms with van der Waals surface area (Å²) in [4.78, 5) is 18.4. The first kappa shape index (κ1) is 21.4. The van der Waals surface area contributed by atoms with Crippen molar-refractivity contribution in [2.24, 2.45) is 5.92 Å². The predicted octanol–water partition coefficient (Wildman–Crippen LogP) is 4.37. The van der Waals surface area contributed by atoms with Gasteiger partial charge in [-0.2, -0.15) is 0 Å². The summed E-state index contributed by atoms with van der Waals surface area (Å²) in [6.45, 7) is 3.59. The van der Waals surface area contributed by atoms with Gasteiger partial charge in [-0.1, -0.05) is 12.1 Å². The first-order valence-corrected chi connectivity index (χ1v) is 10.8. The monoisotopic (exact) mass is 423 g/mol. The van der Waals surface area contributed by atoms with Crippen LogP contribution in [0.15, 0.2) is 42.5 Å². The number of methoxy groups -OCH3 is 1. The maximum absolute atomic E-state index is 13.7. The zero-order valence-electron chi connectivity index (χ0n) is 18.4. The average molecular weight is 424 g/mol. The van der Waals surface area contributed by atoms with Crippen LogP contribution in [0, 0.1) is 18.7 Å². The third-order valence-electron chi connectivity index (χ3n) is 6.44. The molecule has 4 rings (SSSR count). The lowest BCUT2D eigenvalue weighted by atomic mass is 9.85. The van der Waals surface area contributed by atoms with Gasteiger partial charge in [0.2, 0.25) is 5.91 Å². The van der Waals surface area contributed by atoms with Crippen molar-refractivity contribution in [2.45, 2.75) is 32.2 Å². The smallest absolute Gasteiger partial charge is 0.224 e. The molecule has 1 aromatic heterocycles. The summed E-state index contributed by atoms with van der Waals surface area (Å²) in [5.74, 6) is 0.853. The van der Waals surface area contributed by atoms with Gasteiger partial charge in [-0.25, -0.2) is 4.39 Å². The van der Waals surface area contributed by atoms with E-state index >= 15 is 0 Å². The summed E-state index contributed by atoms with van der Waals surface area (Å²) in [7, 11) is 3.82. The fourth-order valence-electron chi connectivity index (χ4n) is 4.85. The Morgan fingerprint density at radius 3 is 2.77 bits per heavy atom. The number of nitrogens with one attached hydrogen (secondary N) is 2. The predicted molar refractivity (Wildman–Crippen MR) is 121 cm³/mol. The van der Waals surface area contributed by atoms with Crippen LogP contribution in [0.4, 0.5) is 4.39 Å². The number of halogens is 1. The third-order valence-corrected chi connectivity index (χ3v) is 6.44. The van der Waals surface area contributed by atoms with Gasteiger partial charge in [0.15, 0.2) is 0 Å². The molecule has 2 atom stereocenters. The molecular weight excluding hydrogens is 393 g/mol. The van der Waals surface area contributed by atoms with Gasteiger partial charge >= 0.3 is 0 Å². The SMILES string of the molecule is COc1ccc(C2C(CNC(=O)Cc3c(C)[nH]c4ccc(F)cc34)CCCN2C)cc1. The molecule has 1 amide bonds. The van der Waals surface area contributed by atoms with E-state index < -0.39 is 0 Å². The van der Waals surface area contributed by atoms with Gasteiger partial charge in [-0.3, -0.25) is 9.69 Å². The van der Waals surface area contributed by atoms with Gasteiger partial charge in [0.25, 0.3) is 0 Å². The topological polar surface area (TPSA) is 57.4 Å². The van der Waals surface area contributed by atoms with E-state index in [4.69, 9.17) is 4.74 Å². The fourth-order valence-corrected chi connectivity index (χ4v) is 4.85. The molecule has 0 spiro atoms. The highest BCUT2D eigenvalue weighted by Crippen LogP contribution is 2.35. The highest BCUT2D eigenvalue weighted by molar-refractivity contribution is 5.90. The van der Waals surface area contributed by atoms with Crippen molar-refractivity contribution in [3.8, 4) is 5.75 Å². The number of carbonyl (C=O) groups is 1. The first-order chi connectivity index (χ1) is 15.0. The van der Waals surface area contributed by atoms with Crippen LogP contribution >= 0.6 is 0 Å². The Morgan fingerprint density at radius 1 is 1.26 bits per heavy atom. The zero-order chi connectivity index (χ0) is 22.0. The van der Waals surface area contributed by atoms with Crippen molar-refractivity contribution in [3.05, 3.63) is 65.1 Å². The van der Waals surface area contributed by atoms with Crippen LogP contribution in [-0.2, 0) is 11.2 Å². The minimum Gasteiger partial charge on any atom is -0.497 e. The molecule has 2 N–H and O–H groups in total. The molecule has 0 saturated carbocycles. The van der Waals surface area contributed by atoms with Crippen molar-refractivity contribution in [2.75, 3.05) is 27.2 Å². The van der Waals surface area contributed by atoms with Crippen molar-refractivity contribution in [1.82, 2.24) is 15.2 Å². The Hall–Kier alpha value is -2.86. The number of nitrogens with zero attached hydrogens (tertiary/aromatic N) is 1. The van der Waals surface area contributed by atoms with Gasteiger partial charge < -0.3 is 15.0 Å². The quantitative estimate of drug-likeness (QED) is 0.619. The molecule has 1 aliphatic rings. The van der Waals surface area contributed by atoms with Crippen LogP contribution in [0.25, 0.3) is 10.9 Å². The molecule has 2 unspecified atom stereocenters. The van der Waals surface area contributed by atoms with Gasteiger partial charge in [-0.05, 0) is 80.7 Å². The Morgan fingerprint density at radius 2 is 2.03 bits per heavy atom. The van der Waals surface area contributed by atoms with Gasteiger partial charge in [0, 0.05) is 29.2 Å². The summed E-state index contributed by atoms with van der Waals surface area (Å²) in [6, 6.07) is 13.1. The highest BCUT2D eigenvalue weighted by Gasteiger charge is 2.30. The normalized spacial score (nSPS) is 19.5. The number of hydrogen-bond acceptors (Lipinski definition) is 3. The lowest BCUT2D eigenvalue weighted by Gasteiger charge is -2.39. The molecule has 0 radical (unpaired) electrons. The van der Waals surface area contributed by atoms with Crippen LogP contribution in [0.3, 0.4) is 0 Å². The Bertz CT molecular complexity index is 1060. The Kier molecular flexibility index (Phi) is 6.28. The number of rotatable bonds is 6. The fraction of sp³-hybridized carbons (Fsp3) is 0.400. The van der Waals surface area contributed by atoms with Crippen LogP contribution in [0.2, 0.25) is 0 Å². The number of hydrogen-bond donors (Lipinski definition) is 2. The second-order valence-corrected chi connectivity index (χ2v) is 8.50. The summed E-state index contributed by atoms with van der Waals surface area (Å²) >= 11 is 0. The van der Waals surface area contributed by atoms with Crippen molar-refractivity contribution >= 4 is 16.8 Å². The van der Waals surface area contributed by atoms with Crippen LogP contribution < -0.4 is 10.1 Å². The number of benzene rings is 2. The number of aromatic nitrogens is 1. The number of fused-ring (bicyclic) bond motifs is 1. The molecular formula is C25H30FN3O2. The second-order valence-electron chi connectivity index (χ2n) is 8.50. The van der Waals surface area contributed by atoms with Crippen molar-refractivity contribution < 1.29 is 13.9 Å².